The molecular weight excluding hydrogens is 562 g/mol. The van der Waals surface area contributed by atoms with E-state index in [2.05, 4.69) is 29.6 Å². The highest BCUT2D eigenvalue weighted by molar-refractivity contribution is 6.00. The lowest BCUT2D eigenvalue weighted by atomic mass is 10.0. The number of hydrogen-bond donors (Lipinski definition) is 3. The first-order valence-corrected chi connectivity index (χ1v) is 15.5. The van der Waals surface area contributed by atoms with Crippen molar-refractivity contribution in [3.8, 4) is 0 Å². The normalized spacial score (nSPS) is 15.9. The predicted molar refractivity (Wildman–Crippen MR) is 168 cm³/mol. The molecular formula is C33H45N5O6. The smallest absolute Gasteiger partial charge is 0.329 e. The number of aromatic nitrogens is 2. The number of fused-ring (bicyclic) bond motifs is 1. The summed E-state index contributed by atoms with van der Waals surface area (Å²) >= 11 is 0. The number of nitrogens with two attached hydrogens (primary N) is 2. The summed E-state index contributed by atoms with van der Waals surface area (Å²) in [6.07, 6.45) is 7.13. The molecule has 0 saturated carbocycles. The topological polar surface area (TPSA) is 161 Å². The number of imidazole rings is 1. The molecule has 1 fully saturated rings. The number of imide groups is 1. The van der Waals surface area contributed by atoms with Crippen molar-refractivity contribution in [2.75, 3.05) is 19.8 Å². The molecule has 238 valence electrons. The number of carbonyl (C=O) groups excluding carboxylic acids is 3. The van der Waals surface area contributed by atoms with Crippen molar-refractivity contribution >= 4 is 28.8 Å². The zero-order valence-electron chi connectivity index (χ0n) is 25.6. The molecule has 11 nitrogen and oxygen atoms in total. The average molecular weight is 608 g/mol. The molecule has 0 radical (unpaired) electrons. The van der Waals surface area contributed by atoms with E-state index in [9.17, 15) is 19.2 Å². The summed E-state index contributed by atoms with van der Waals surface area (Å²) in [5.74, 6) is -1.07. The van der Waals surface area contributed by atoms with Gasteiger partial charge in [0.05, 0.1) is 24.2 Å². The molecule has 0 bridgehead atoms. The van der Waals surface area contributed by atoms with Crippen LogP contribution < -0.4 is 22.5 Å². The summed E-state index contributed by atoms with van der Waals surface area (Å²) in [5, 5.41) is 2.35. The van der Waals surface area contributed by atoms with Gasteiger partial charge in [-0.1, -0.05) is 42.8 Å². The molecule has 0 aliphatic carbocycles. The highest BCUT2D eigenvalue weighted by atomic mass is 16.5. The Hall–Kier alpha value is -3.80. The quantitative estimate of drug-likeness (QED) is 0.148. The van der Waals surface area contributed by atoms with Crippen molar-refractivity contribution in [3.63, 3.8) is 0 Å². The lowest BCUT2D eigenvalue weighted by Gasteiger charge is -2.21. The van der Waals surface area contributed by atoms with Gasteiger partial charge in [-0.05, 0) is 67.7 Å². The minimum Gasteiger partial charge on any atom is -0.381 e. The molecule has 2 heterocycles. The van der Waals surface area contributed by atoms with Crippen LogP contribution in [0.1, 0.15) is 74.1 Å². The SMILES string of the molecule is Cn1c(=O)n(C2CCC(=O)NC2=O)c2cccc(CCCOCCCCCc3ccc(COC[C@@H](N)CCC(N)=O)cc3)c21. The van der Waals surface area contributed by atoms with Crippen LogP contribution in [0.4, 0.5) is 0 Å². The molecule has 1 aliphatic rings. The minimum atomic E-state index is -0.682. The number of piperidine rings is 1. The van der Waals surface area contributed by atoms with Crippen LogP contribution in [0.25, 0.3) is 11.0 Å². The molecule has 3 aromatic rings. The van der Waals surface area contributed by atoms with Gasteiger partial charge in [-0.3, -0.25) is 28.8 Å². The first kappa shape index (κ1) is 33.1. The van der Waals surface area contributed by atoms with Gasteiger partial charge in [0, 0.05) is 39.1 Å². The number of nitrogens with one attached hydrogen (secondary N) is 1. The van der Waals surface area contributed by atoms with Crippen LogP contribution in [0.2, 0.25) is 0 Å². The Balaban J connectivity index is 1.12. The fourth-order valence-electron chi connectivity index (χ4n) is 5.67. The lowest BCUT2D eigenvalue weighted by Crippen LogP contribution is -2.44. The van der Waals surface area contributed by atoms with Crippen LogP contribution in [0, 0.1) is 0 Å². The van der Waals surface area contributed by atoms with E-state index in [1.807, 2.05) is 18.2 Å². The van der Waals surface area contributed by atoms with Crippen LogP contribution in [0.3, 0.4) is 0 Å². The van der Waals surface area contributed by atoms with Crippen molar-refractivity contribution in [1.29, 1.82) is 0 Å². The Morgan fingerprint density at radius 2 is 1.73 bits per heavy atom. The molecule has 2 aromatic carbocycles. The van der Waals surface area contributed by atoms with Crippen LogP contribution in [-0.2, 0) is 50.4 Å². The third-order valence-corrected chi connectivity index (χ3v) is 8.08. The summed E-state index contributed by atoms with van der Waals surface area (Å²) in [6.45, 7) is 2.24. The van der Waals surface area contributed by atoms with E-state index in [0.717, 1.165) is 55.2 Å². The number of rotatable bonds is 18. The standard InChI is InChI=1S/C33H45N5O6/c1-37-31-25(8-5-10-27(31)38(33(37)42)28-16-18-30(40)36-32(28)41)9-6-20-43-19-4-2-3-7-23-11-13-24(14-12-23)21-44-22-26(34)15-17-29(35)39/h5,8,10-14,26,28H,2-4,6-7,9,15-22,34H2,1H3,(H2,35,39)(H,36,40,41)/t26-,28?/m0/s1. The monoisotopic (exact) mass is 607 g/mol. The maximum absolute atomic E-state index is 13.1. The number of nitrogens with zero attached hydrogens (tertiary/aromatic N) is 2. The van der Waals surface area contributed by atoms with E-state index >= 15 is 0 Å². The molecule has 44 heavy (non-hydrogen) atoms. The average Bonchev–Trinajstić information content (AvgIpc) is 3.25. The summed E-state index contributed by atoms with van der Waals surface area (Å²) in [6, 6.07) is 13.3. The fraction of sp³-hybridized carbons (Fsp3) is 0.515. The number of benzene rings is 2. The highest BCUT2D eigenvalue weighted by Gasteiger charge is 2.31. The van der Waals surface area contributed by atoms with Crippen LogP contribution >= 0.6 is 0 Å². The van der Waals surface area contributed by atoms with E-state index in [0.29, 0.717) is 44.8 Å². The lowest BCUT2D eigenvalue weighted by molar-refractivity contribution is -0.135. The number of amides is 3. The molecule has 4 rings (SSSR count). The van der Waals surface area contributed by atoms with Gasteiger partial charge in [-0.25, -0.2) is 4.79 Å². The van der Waals surface area contributed by atoms with Gasteiger partial charge in [0.1, 0.15) is 6.04 Å². The first-order valence-electron chi connectivity index (χ1n) is 15.5. The van der Waals surface area contributed by atoms with E-state index in [1.165, 1.54) is 10.1 Å². The number of hydrogen-bond acceptors (Lipinski definition) is 7. The van der Waals surface area contributed by atoms with Crippen molar-refractivity contribution in [2.45, 2.75) is 82.9 Å². The molecule has 11 heteroatoms. The molecule has 1 aromatic heterocycles. The number of carbonyl (C=O) groups is 3. The van der Waals surface area contributed by atoms with Crippen LogP contribution in [0.5, 0.6) is 0 Å². The minimum absolute atomic E-state index is 0.191. The maximum Gasteiger partial charge on any atom is 0.329 e. The predicted octanol–water partition coefficient (Wildman–Crippen LogP) is 2.79. The van der Waals surface area contributed by atoms with Gasteiger partial charge in [0.2, 0.25) is 17.7 Å². The number of primary amides is 1. The zero-order chi connectivity index (χ0) is 31.5. The second kappa shape index (κ2) is 16.3. The fourth-order valence-corrected chi connectivity index (χ4v) is 5.67. The Kier molecular flexibility index (Phi) is 12.3. The van der Waals surface area contributed by atoms with Gasteiger partial charge >= 0.3 is 5.69 Å². The Morgan fingerprint density at radius 1 is 0.977 bits per heavy atom. The van der Waals surface area contributed by atoms with E-state index in [-0.39, 0.29) is 36.4 Å². The molecule has 3 amide bonds. The molecule has 0 spiro atoms. The van der Waals surface area contributed by atoms with Crippen LogP contribution in [-0.4, -0.2) is 52.7 Å². The van der Waals surface area contributed by atoms with E-state index in [4.69, 9.17) is 20.9 Å². The van der Waals surface area contributed by atoms with Gasteiger partial charge in [-0.2, -0.15) is 0 Å². The van der Waals surface area contributed by atoms with Gasteiger partial charge in [-0.15, -0.1) is 0 Å². The zero-order valence-corrected chi connectivity index (χ0v) is 25.6. The summed E-state index contributed by atoms with van der Waals surface area (Å²) in [4.78, 5) is 48.0. The largest absolute Gasteiger partial charge is 0.381 e. The number of aryl methyl sites for hydroxylation is 3. The van der Waals surface area contributed by atoms with Gasteiger partial charge in [0.15, 0.2) is 0 Å². The molecule has 1 saturated heterocycles. The van der Waals surface area contributed by atoms with Crippen LogP contribution in [0.15, 0.2) is 47.3 Å². The molecule has 2 atom stereocenters. The Labute approximate surface area is 257 Å². The first-order chi connectivity index (χ1) is 21.2. The van der Waals surface area contributed by atoms with Gasteiger partial charge < -0.3 is 20.9 Å². The van der Waals surface area contributed by atoms with Crippen molar-refractivity contribution < 1.29 is 23.9 Å². The maximum atomic E-state index is 13.1. The second-order valence-electron chi connectivity index (χ2n) is 11.6. The Morgan fingerprint density at radius 3 is 2.48 bits per heavy atom. The van der Waals surface area contributed by atoms with E-state index in [1.54, 1.807) is 11.6 Å². The van der Waals surface area contributed by atoms with Crippen molar-refractivity contribution in [1.82, 2.24) is 14.5 Å². The third-order valence-electron chi connectivity index (χ3n) is 8.08. The second-order valence-corrected chi connectivity index (χ2v) is 11.6. The summed E-state index contributed by atoms with van der Waals surface area (Å²) in [5.41, 5.74) is 15.8. The third kappa shape index (κ3) is 9.10. The van der Waals surface area contributed by atoms with Crippen molar-refractivity contribution in [3.05, 3.63) is 69.6 Å². The molecule has 1 aliphatic heterocycles. The summed E-state index contributed by atoms with van der Waals surface area (Å²) in [7, 11) is 1.73. The van der Waals surface area contributed by atoms with Gasteiger partial charge in [0.25, 0.3) is 0 Å². The van der Waals surface area contributed by atoms with Crippen molar-refractivity contribution in [2.24, 2.45) is 18.5 Å². The molecule has 1 unspecified atom stereocenters. The molecule has 5 N–H and O–H groups in total. The Bertz CT molecular complexity index is 1480. The number of ether oxygens (including phenoxy) is 2. The number of unbranched alkanes of at least 4 members (excludes halogenated alkanes) is 2. The van der Waals surface area contributed by atoms with E-state index < -0.39 is 11.9 Å². The highest BCUT2D eigenvalue weighted by Crippen LogP contribution is 2.25. The summed E-state index contributed by atoms with van der Waals surface area (Å²) < 4.78 is 14.7. The number of para-hydroxylation sites is 1.